The molecule has 0 aromatic heterocycles. The Morgan fingerprint density at radius 2 is 1.19 bits per heavy atom. The Balaban J connectivity index is 3.53. The number of aromatic carboxylic acids is 2. The first-order valence-corrected chi connectivity index (χ1v) is 13.1. The van der Waals surface area contributed by atoms with E-state index in [9.17, 15) is 19.8 Å². The monoisotopic (exact) mass is 446 g/mol. The van der Waals surface area contributed by atoms with E-state index in [0.29, 0.717) is 5.92 Å². The summed E-state index contributed by atoms with van der Waals surface area (Å²) in [5, 5.41) is 19.9. The Morgan fingerprint density at radius 3 is 1.66 bits per heavy atom. The number of carbonyl (C=O) groups is 2. The summed E-state index contributed by atoms with van der Waals surface area (Å²) < 4.78 is 0. The van der Waals surface area contributed by atoms with Crippen molar-refractivity contribution in [2.45, 2.75) is 129 Å². The smallest absolute Gasteiger partial charge is 0.336 e. The molecule has 0 aliphatic carbocycles. The van der Waals surface area contributed by atoms with Gasteiger partial charge < -0.3 is 10.2 Å². The maximum Gasteiger partial charge on any atom is 0.336 e. The second kappa shape index (κ2) is 15.9. The molecule has 0 aliphatic rings. The van der Waals surface area contributed by atoms with Crippen molar-refractivity contribution in [2.75, 3.05) is 0 Å². The van der Waals surface area contributed by atoms with Gasteiger partial charge in [0.25, 0.3) is 0 Å². The van der Waals surface area contributed by atoms with Crippen molar-refractivity contribution in [3.63, 3.8) is 0 Å². The molecule has 0 saturated carbocycles. The molecule has 1 aromatic rings. The van der Waals surface area contributed by atoms with Crippen LogP contribution < -0.4 is 0 Å². The lowest BCUT2D eigenvalue weighted by atomic mass is 9.76. The predicted molar refractivity (Wildman–Crippen MR) is 133 cm³/mol. The molecule has 0 radical (unpaired) electrons. The molecule has 4 nitrogen and oxygen atoms in total. The highest BCUT2D eigenvalue weighted by Crippen LogP contribution is 2.40. The number of unbranched alkanes of at least 4 members (excludes halogenated alkanes) is 6. The Kier molecular flexibility index (Phi) is 14.0. The molecule has 182 valence electrons. The summed E-state index contributed by atoms with van der Waals surface area (Å²) in [5.74, 6) is -1.85. The van der Waals surface area contributed by atoms with Gasteiger partial charge in [-0.1, -0.05) is 98.0 Å². The van der Waals surface area contributed by atoms with Crippen LogP contribution >= 0.6 is 0 Å². The summed E-state index contributed by atoms with van der Waals surface area (Å²) in [4.78, 5) is 24.3. The minimum absolute atomic E-state index is 0.0404. The maximum atomic E-state index is 12.4. The highest BCUT2D eigenvalue weighted by molar-refractivity contribution is 6.03. The zero-order valence-corrected chi connectivity index (χ0v) is 20.9. The standard InChI is InChI=1S/C28H46O4/c1-5-9-11-13-17-21(15-7-3)23-19-20-24(27(29)30)26(28(31)32)25(23)22(16-8-4)18-14-12-10-6-2/h19-22H,5-18H2,1-4H3,(H,29,30)(H,31,32). The third-order valence-corrected chi connectivity index (χ3v) is 6.66. The number of benzene rings is 1. The SMILES string of the molecule is CCCCCCC(CCC)c1ccc(C(=O)O)c(C(=O)O)c1C(CCC)CCCCCC. The third-order valence-electron chi connectivity index (χ3n) is 6.66. The van der Waals surface area contributed by atoms with Crippen molar-refractivity contribution in [2.24, 2.45) is 0 Å². The lowest BCUT2D eigenvalue weighted by Crippen LogP contribution is -2.18. The normalized spacial score (nSPS) is 13.1. The van der Waals surface area contributed by atoms with Gasteiger partial charge in [-0.05, 0) is 54.7 Å². The van der Waals surface area contributed by atoms with Crippen LogP contribution in [0.5, 0.6) is 0 Å². The van der Waals surface area contributed by atoms with E-state index in [4.69, 9.17) is 0 Å². The van der Waals surface area contributed by atoms with E-state index >= 15 is 0 Å². The molecule has 1 rings (SSSR count). The molecular weight excluding hydrogens is 400 g/mol. The first kappa shape index (κ1) is 28.2. The minimum Gasteiger partial charge on any atom is -0.478 e. The fourth-order valence-corrected chi connectivity index (χ4v) is 5.06. The Bertz CT molecular complexity index is 695. The second-order valence-electron chi connectivity index (χ2n) is 9.27. The van der Waals surface area contributed by atoms with Crippen LogP contribution in [0.2, 0.25) is 0 Å². The molecule has 0 spiro atoms. The van der Waals surface area contributed by atoms with Gasteiger partial charge in [0.1, 0.15) is 0 Å². The molecule has 32 heavy (non-hydrogen) atoms. The fraction of sp³-hybridized carbons (Fsp3) is 0.714. The fourth-order valence-electron chi connectivity index (χ4n) is 5.06. The van der Waals surface area contributed by atoms with Crippen molar-refractivity contribution in [3.8, 4) is 0 Å². The van der Waals surface area contributed by atoms with Crippen LogP contribution in [0.3, 0.4) is 0 Å². The van der Waals surface area contributed by atoms with Gasteiger partial charge in [-0.25, -0.2) is 9.59 Å². The molecule has 0 aliphatic heterocycles. The Morgan fingerprint density at radius 1 is 0.656 bits per heavy atom. The van der Waals surface area contributed by atoms with E-state index in [1.807, 2.05) is 6.07 Å². The van der Waals surface area contributed by atoms with Gasteiger partial charge in [0, 0.05) is 0 Å². The average Bonchev–Trinajstić information content (AvgIpc) is 2.77. The lowest BCUT2D eigenvalue weighted by molar-refractivity contribution is 0.0649. The highest BCUT2D eigenvalue weighted by atomic mass is 16.4. The van der Waals surface area contributed by atoms with Crippen molar-refractivity contribution in [1.82, 2.24) is 0 Å². The van der Waals surface area contributed by atoms with Gasteiger partial charge >= 0.3 is 11.9 Å². The number of carboxylic acid groups (broad SMARTS) is 2. The van der Waals surface area contributed by atoms with E-state index in [1.165, 1.54) is 25.7 Å². The highest BCUT2D eigenvalue weighted by Gasteiger charge is 2.29. The van der Waals surface area contributed by atoms with Gasteiger partial charge in [0.2, 0.25) is 0 Å². The molecule has 4 heteroatoms. The van der Waals surface area contributed by atoms with Crippen molar-refractivity contribution >= 4 is 11.9 Å². The predicted octanol–water partition coefficient (Wildman–Crippen LogP) is 8.79. The lowest BCUT2D eigenvalue weighted by Gasteiger charge is -2.28. The number of rotatable bonds is 18. The molecule has 2 N–H and O–H groups in total. The van der Waals surface area contributed by atoms with Crippen LogP contribution in [0.4, 0.5) is 0 Å². The third kappa shape index (κ3) is 8.60. The largest absolute Gasteiger partial charge is 0.478 e. The van der Waals surface area contributed by atoms with E-state index in [0.717, 1.165) is 75.3 Å². The van der Waals surface area contributed by atoms with E-state index in [1.54, 1.807) is 6.07 Å². The minimum atomic E-state index is -1.15. The van der Waals surface area contributed by atoms with Crippen molar-refractivity contribution in [1.29, 1.82) is 0 Å². The van der Waals surface area contributed by atoms with Crippen LogP contribution in [-0.4, -0.2) is 22.2 Å². The summed E-state index contributed by atoms with van der Waals surface area (Å²) >= 11 is 0. The topological polar surface area (TPSA) is 74.6 Å². The van der Waals surface area contributed by atoms with Crippen molar-refractivity contribution in [3.05, 3.63) is 34.4 Å². The van der Waals surface area contributed by atoms with Crippen LogP contribution in [0.1, 0.15) is 161 Å². The summed E-state index contributed by atoms with van der Waals surface area (Å²) in [6.45, 7) is 8.71. The van der Waals surface area contributed by atoms with Crippen LogP contribution in [0, 0.1) is 0 Å². The molecule has 2 atom stereocenters. The average molecular weight is 447 g/mol. The Labute approximate surface area is 195 Å². The van der Waals surface area contributed by atoms with Gasteiger partial charge in [0.05, 0.1) is 11.1 Å². The van der Waals surface area contributed by atoms with E-state index < -0.39 is 11.9 Å². The Hall–Kier alpha value is -1.84. The molecular formula is C28H46O4. The molecule has 0 saturated heterocycles. The molecule has 1 aromatic carbocycles. The van der Waals surface area contributed by atoms with Crippen LogP contribution in [0.15, 0.2) is 12.1 Å². The number of hydrogen-bond donors (Lipinski definition) is 2. The molecule has 0 bridgehead atoms. The zero-order chi connectivity index (χ0) is 23.9. The first-order chi connectivity index (χ1) is 15.4. The van der Waals surface area contributed by atoms with Gasteiger partial charge in [-0.15, -0.1) is 0 Å². The summed E-state index contributed by atoms with van der Waals surface area (Å²) in [5.41, 5.74) is 1.90. The first-order valence-electron chi connectivity index (χ1n) is 13.1. The summed E-state index contributed by atoms with van der Waals surface area (Å²) in [6, 6.07) is 3.49. The summed E-state index contributed by atoms with van der Waals surface area (Å²) in [7, 11) is 0. The summed E-state index contributed by atoms with van der Waals surface area (Å²) in [6.07, 6.45) is 15.2. The number of hydrogen-bond acceptors (Lipinski definition) is 2. The second-order valence-corrected chi connectivity index (χ2v) is 9.27. The maximum absolute atomic E-state index is 12.4. The van der Waals surface area contributed by atoms with E-state index in [2.05, 4.69) is 27.7 Å². The molecule has 0 heterocycles. The van der Waals surface area contributed by atoms with Gasteiger partial charge in [0.15, 0.2) is 0 Å². The zero-order valence-electron chi connectivity index (χ0n) is 20.9. The van der Waals surface area contributed by atoms with E-state index in [-0.39, 0.29) is 17.0 Å². The quantitative estimate of drug-likeness (QED) is 0.221. The number of carboxylic acids is 2. The van der Waals surface area contributed by atoms with Crippen LogP contribution in [0.25, 0.3) is 0 Å². The molecule has 0 amide bonds. The van der Waals surface area contributed by atoms with Gasteiger partial charge in [-0.3, -0.25) is 0 Å². The van der Waals surface area contributed by atoms with Gasteiger partial charge in [-0.2, -0.15) is 0 Å². The van der Waals surface area contributed by atoms with Crippen LogP contribution in [-0.2, 0) is 0 Å². The molecule has 2 unspecified atom stereocenters. The molecule has 0 fully saturated rings. The van der Waals surface area contributed by atoms with Crippen molar-refractivity contribution < 1.29 is 19.8 Å².